The van der Waals surface area contributed by atoms with Crippen molar-refractivity contribution in [3.63, 3.8) is 0 Å². The number of ether oxygens (including phenoxy) is 2. The van der Waals surface area contributed by atoms with Crippen molar-refractivity contribution >= 4 is 6.09 Å². The molecule has 19 heavy (non-hydrogen) atoms. The van der Waals surface area contributed by atoms with Gasteiger partial charge < -0.3 is 14.4 Å². The fraction of sp³-hybridized carbons (Fsp3) is 0.533. The van der Waals surface area contributed by atoms with Crippen molar-refractivity contribution in [2.24, 2.45) is 0 Å². The summed E-state index contributed by atoms with van der Waals surface area (Å²) in [6.45, 7) is 6.92. The monoisotopic (exact) mass is 265 g/mol. The van der Waals surface area contributed by atoms with Crippen molar-refractivity contribution in [1.29, 1.82) is 0 Å². The van der Waals surface area contributed by atoms with Crippen LogP contribution in [0.5, 0.6) is 5.75 Å². The number of nitrogens with zero attached hydrogens (tertiary/aromatic N) is 1. The van der Waals surface area contributed by atoms with Gasteiger partial charge in [-0.25, -0.2) is 4.79 Å². The highest BCUT2D eigenvalue weighted by Crippen LogP contribution is 2.28. The second-order valence-corrected chi connectivity index (χ2v) is 5.60. The lowest BCUT2D eigenvalue weighted by Crippen LogP contribution is -2.26. The van der Waals surface area contributed by atoms with Crippen LogP contribution in [0.4, 0.5) is 4.79 Å². The van der Waals surface area contributed by atoms with E-state index in [-0.39, 0.29) is 11.5 Å². The predicted molar refractivity (Wildman–Crippen MR) is 75.6 cm³/mol. The Bertz CT molecular complexity index is 449. The number of amides is 1. The molecule has 1 amide bonds. The molecule has 0 unspecified atom stereocenters. The van der Waals surface area contributed by atoms with E-state index in [4.69, 9.17) is 9.47 Å². The lowest BCUT2D eigenvalue weighted by molar-refractivity contribution is 0.131. The lowest BCUT2D eigenvalue weighted by atomic mass is 9.86. The zero-order valence-electron chi connectivity index (χ0n) is 12.6. The van der Waals surface area contributed by atoms with Gasteiger partial charge in [0.25, 0.3) is 0 Å². The SMILES string of the molecule is COC(=O)N(C)Cc1cc(C(C)(C)C)ccc1OC. The molecule has 0 atom stereocenters. The molecule has 0 bridgehead atoms. The van der Waals surface area contributed by atoms with Crippen LogP contribution in [-0.4, -0.2) is 32.3 Å². The number of hydrogen-bond donors (Lipinski definition) is 0. The van der Waals surface area contributed by atoms with Crippen LogP contribution < -0.4 is 4.74 Å². The molecule has 0 aromatic heterocycles. The third kappa shape index (κ3) is 3.88. The Morgan fingerprint density at radius 3 is 2.37 bits per heavy atom. The molecule has 0 N–H and O–H groups in total. The predicted octanol–water partition coefficient (Wildman–Crippen LogP) is 3.19. The van der Waals surface area contributed by atoms with Crippen LogP contribution in [-0.2, 0) is 16.7 Å². The quantitative estimate of drug-likeness (QED) is 0.842. The second-order valence-electron chi connectivity index (χ2n) is 5.60. The molecular weight excluding hydrogens is 242 g/mol. The molecule has 1 rings (SSSR count). The molecule has 0 saturated carbocycles. The van der Waals surface area contributed by atoms with E-state index < -0.39 is 0 Å². The van der Waals surface area contributed by atoms with Crippen molar-refractivity contribution in [2.75, 3.05) is 21.3 Å². The summed E-state index contributed by atoms with van der Waals surface area (Å²) in [6.07, 6.45) is -0.358. The Kier molecular flexibility index (Phi) is 4.81. The number of hydrogen-bond acceptors (Lipinski definition) is 3. The molecule has 0 radical (unpaired) electrons. The molecule has 0 aliphatic rings. The third-order valence-corrected chi connectivity index (χ3v) is 3.04. The molecule has 1 aromatic carbocycles. The van der Waals surface area contributed by atoms with Crippen LogP contribution in [0, 0.1) is 0 Å². The number of methoxy groups -OCH3 is 2. The molecule has 0 spiro atoms. The summed E-state index contributed by atoms with van der Waals surface area (Å²) in [5, 5.41) is 0. The Hall–Kier alpha value is -1.71. The summed E-state index contributed by atoms with van der Waals surface area (Å²) in [7, 11) is 4.71. The smallest absolute Gasteiger partial charge is 0.409 e. The maximum Gasteiger partial charge on any atom is 0.409 e. The summed E-state index contributed by atoms with van der Waals surface area (Å²) in [5.41, 5.74) is 2.24. The van der Waals surface area contributed by atoms with Gasteiger partial charge in [-0.1, -0.05) is 26.8 Å². The Balaban J connectivity index is 3.06. The van der Waals surface area contributed by atoms with E-state index in [0.717, 1.165) is 11.3 Å². The minimum atomic E-state index is -0.358. The molecule has 0 heterocycles. The Labute approximate surface area is 115 Å². The van der Waals surface area contributed by atoms with Gasteiger partial charge in [0.2, 0.25) is 0 Å². The highest BCUT2D eigenvalue weighted by atomic mass is 16.5. The fourth-order valence-corrected chi connectivity index (χ4v) is 1.84. The summed E-state index contributed by atoms with van der Waals surface area (Å²) >= 11 is 0. The van der Waals surface area contributed by atoms with E-state index in [2.05, 4.69) is 32.9 Å². The molecule has 0 saturated heterocycles. The maximum atomic E-state index is 11.5. The van der Waals surface area contributed by atoms with Gasteiger partial charge >= 0.3 is 6.09 Å². The number of rotatable bonds is 3. The summed E-state index contributed by atoms with van der Waals surface area (Å²) in [6, 6.07) is 6.08. The lowest BCUT2D eigenvalue weighted by Gasteiger charge is -2.23. The minimum absolute atomic E-state index is 0.0604. The topological polar surface area (TPSA) is 38.8 Å². The molecular formula is C15H23NO3. The van der Waals surface area contributed by atoms with Gasteiger partial charge in [0.05, 0.1) is 20.8 Å². The standard InChI is InChI=1S/C15H23NO3/c1-15(2,3)12-7-8-13(18-5)11(9-12)10-16(4)14(17)19-6/h7-9H,10H2,1-6H3. The number of carbonyl (C=O) groups excluding carboxylic acids is 1. The average molecular weight is 265 g/mol. The van der Waals surface area contributed by atoms with Crippen LogP contribution in [0.25, 0.3) is 0 Å². The fourth-order valence-electron chi connectivity index (χ4n) is 1.84. The van der Waals surface area contributed by atoms with Crippen molar-refractivity contribution in [3.05, 3.63) is 29.3 Å². The van der Waals surface area contributed by atoms with Crippen LogP contribution in [0.1, 0.15) is 31.9 Å². The largest absolute Gasteiger partial charge is 0.496 e. The zero-order chi connectivity index (χ0) is 14.6. The van der Waals surface area contributed by atoms with E-state index in [0.29, 0.717) is 6.54 Å². The van der Waals surface area contributed by atoms with Gasteiger partial charge in [0.15, 0.2) is 0 Å². The van der Waals surface area contributed by atoms with Crippen LogP contribution in [0.3, 0.4) is 0 Å². The van der Waals surface area contributed by atoms with Gasteiger partial charge in [-0.2, -0.15) is 0 Å². The molecule has 1 aromatic rings. The summed E-state index contributed by atoms with van der Waals surface area (Å²) in [5.74, 6) is 0.781. The molecule has 0 fully saturated rings. The third-order valence-electron chi connectivity index (χ3n) is 3.04. The Morgan fingerprint density at radius 1 is 1.26 bits per heavy atom. The molecule has 4 nitrogen and oxygen atoms in total. The first-order chi connectivity index (χ1) is 8.79. The van der Waals surface area contributed by atoms with E-state index in [1.165, 1.54) is 17.6 Å². The summed E-state index contributed by atoms with van der Waals surface area (Å²) < 4.78 is 10.0. The normalized spacial score (nSPS) is 11.1. The Morgan fingerprint density at radius 2 is 1.89 bits per heavy atom. The van der Waals surface area contributed by atoms with E-state index in [1.807, 2.05) is 6.07 Å². The molecule has 106 valence electrons. The first-order valence-corrected chi connectivity index (χ1v) is 6.26. The number of carbonyl (C=O) groups is 1. The van der Waals surface area contributed by atoms with Crippen molar-refractivity contribution in [1.82, 2.24) is 4.90 Å². The van der Waals surface area contributed by atoms with Crippen molar-refractivity contribution in [2.45, 2.75) is 32.7 Å². The number of benzene rings is 1. The molecule has 4 heteroatoms. The summed E-state index contributed by atoms with van der Waals surface area (Å²) in [4.78, 5) is 13.0. The van der Waals surface area contributed by atoms with Crippen LogP contribution in [0.2, 0.25) is 0 Å². The van der Waals surface area contributed by atoms with Gasteiger partial charge in [-0.05, 0) is 23.1 Å². The highest BCUT2D eigenvalue weighted by Gasteiger charge is 2.18. The minimum Gasteiger partial charge on any atom is -0.496 e. The van der Waals surface area contributed by atoms with E-state index >= 15 is 0 Å². The van der Waals surface area contributed by atoms with Gasteiger partial charge in [-0.3, -0.25) is 0 Å². The van der Waals surface area contributed by atoms with Gasteiger partial charge in [0.1, 0.15) is 5.75 Å². The van der Waals surface area contributed by atoms with E-state index in [1.54, 1.807) is 14.2 Å². The van der Waals surface area contributed by atoms with Gasteiger partial charge in [0, 0.05) is 12.6 Å². The maximum absolute atomic E-state index is 11.5. The van der Waals surface area contributed by atoms with E-state index in [9.17, 15) is 4.79 Å². The average Bonchev–Trinajstić information content (AvgIpc) is 2.36. The van der Waals surface area contributed by atoms with Crippen LogP contribution in [0.15, 0.2) is 18.2 Å². The first kappa shape index (κ1) is 15.3. The highest BCUT2D eigenvalue weighted by molar-refractivity contribution is 5.67. The van der Waals surface area contributed by atoms with Gasteiger partial charge in [-0.15, -0.1) is 0 Å². The second kappa shape index (κ2) is 5.95. The molecule has 0 aliphatic heterocycles. The zero-order valence-corrected chi connectivity index (χ0v) is 12.6. The van der Waals surface area contributed by atoms with Crippen molar-refractivity contribution in [3.8, 4) is 5.75 Å². The first-order valence-electron chi connectivity index (χ1n) is 6.26. The molecule has 0 aliphatic carbocycles. The van der Waals surface area contributed by atoms with Crippen LogP contribution >= 0.6 is 0 Å². The van der Waals surface area contributed by atoms with Crippen molar-refractivity contribution < 1.29 is 14.3 Å².